The summed E-state index contributed by atoms with van der Waals surface area (Å²) >= 11 is 5.23. The van der Waals surface area contributed by atoms with Crippen LogP contribution >= 0.6 is 27.3 Å². The highest BCUT2D eigenvalue weighted by molar-refractivity contribution is 9.10. The Kier molecular flexibility index (Phi) is 2.58. The SMILES string of the molecule is Cc1cc2scc(Br)c2cc1CC#N. The molecule has 0 aliphatic carbocycles. The molecule has 0 N–H and O–H groups in total. The number of nitriles is 1. The fourth-order valence-corrected chi connectivity index (χ4v) is 3.10. The molecule has 0 saturated heterocycles. The highest BCUT2D eigenvalue weighted by Gasteiger charge is 2.05. The Hall–Kier alpha value is -0.850. The first-order chi connectivity index (χ1) is 6.72. The molecule has 2 aromatic rings. The molecule has 0 amide bonds. The largest absolute Gasteiger partial charge is 0.198 e. The minimum atomic E-state index is 0.490. The normalized spacial score (nSPS) is 10.4. The van der Waals surface area contributed by atoms with E-state index in [0.29, 0.717) is 6.42 Å². The molecular formula is C11H8BrNS. The maximum atomic E-state index is 8.68. The van der Waals surface area contributed by atoms with Gasteiger partial charge in [0.1, 0.15) is 0 Å². The average Bonchev–Trinajstić information content (AvgIpc) is 2.49. The molecule has 0 aliphatic rings. The van der Waals surface area contributed by atoms with Gasteiger partial charge in [-0.3, -0.25) is 0 Å². The molecule has 0 fully saturated rings. The first-order valence-electron chi connectivity index (χ1n) is 4.25. The standard InChI is InChI=1S/C11H8BrNS/c1-7-4-11-9(10(12)6-14-11)5-8(7)2-3-13/h4-6H,2H2,1H3. The number of fused-ring (bicyclic) bond motifs is 1. The van der Waals surface area contributed by atoms with Gasteiger partial charge in [0.2, 0.25) is 0 Å². The van der Waals surface area contributed by atoms with Crippen LogP contribution in [0.1, 0.15) is 11.1 Å². The van der Waals surface area contributed by atoms with Crippen LogP contribution in [0.15, 0.2) is 22.0 Å². The number of nitrogens with zero attached hydrogens (tertiary/aromatic N) is 1. The van der Waals surface area contributed by atoms with Crippen LogP contribution < -0.4 is 0 Å². The van der Waals surface area contributed by atoms with Crippen LogP contribution in [0.5, 0.6) is 0 Å². The molecule has 0 spiro atoms. The summed E-state index contributed by atoms with van der Waals surface area (Å²) in [5.74, 6) is 0. The molecule has 14 heavy (non-hydrogen) atoms. The Balaban J connectivity index is 2.69. The monoisotopic (exact) mass is 265 g/mol. The lowest BCUT2D eigenvalue weighted by Gasteiger charge is -2.01. The second-order valence-electron chi connectivity index (χ2n) is 3.19. The van der Waals surface area contributed by atoms with Crippen molar-refractivity contribution in [1.82, 2.24) is 0 Å². The van der Waals surface area contributed by atoms with Gasteiger partial charge in [0.05, 0.1) is 12.5 Å². The molecule has 0 bridgehead atoms. The summed E-state index contributed by atoms with van der Waals surface area (Å²) in [6.07, 6.45) is 0.490. The zero-order valence-electron chi connectivity index (χ0n) is 7.67. The van der Waals surface area contributed by atoms with E-state index >= 15 is 0 Å². The minimum Gasteiger partial charge on any atom is -0.198 e. The topological polar surface area (TPSA) is 23.8 Å². The quantitative estimate of drug-likeness (QED) is 0.764. The maximum Gasteiger partial charge on any atom is 0.0669 e. The van der Waals surface area contributed by atoms with E-state index in [1.807, 2.05) is 0 Å². The predicted molar refractivity (Wildman–Crippen MR) is 63.6 cm³/mol. The molecule has 0 radical (unpaired) electrons. The highest BCUT2D eigenvalue weighted by atomic mass is 79.9. The van der Waals surface area contributed by atoms with E-state index in [9.17, 15) is 0 Å². The van der Waals surface area contributed by atoms with Gasteiger partial charge in [0, 0.05) is 19.9 Å². The second-order valence-corrected chi connectivity index (χ2v) is 4.96. The van der Waals surface area contributed by atoms with Gasteiger partial charge in [-0.25, -0.2) is 0 Å². The first-order valence-corrected chi connectivity index (χ1v) is 5.93. The van der Waals surface area contributed by atoms with Crippen LogP contribution in [-0.2, 0) is 6.42 Å². The lowest BCUT2D eigenvalue weighted by Crippen LogP contribution is -1.86. The van der Waals surface area contributed by atoms with Gasteiger partial charge < -0.3 is 0 Å². The van der Waals surface area contributed by atoms with Gasteiger partial charge in [-0.2, -0.15) is 5.26 Å². The van der Waals surface area contributed by atoms with Gasteiger partial charge in [-0.1, -0.05) is 0 Å². The van der Waals surface area contributed by atoms with Crippen LogP contribution in [0.25, 0.3) is 10.1 Å². The molecule has 70 valence electrons. The van der Waals surface area contributed by atoms with E-state index < -0.39 is 0 Å². The van der Waals surface area contributed by atoms with Crippen LogP contribution in [0.2, 0.25) is 0 Å². The second kappa shape index (κ2) is 3.72. The Labute approximate surface area is 95.1 Å². The number of aryl methyl sites for hydroxylation is 1. The van der Waals surface area contributed by atoms with E-state index in [2.05, 4.69) is 46.4 Å². The van der Waals surface area contributed by atoms with Gasteiger partial charge in [-0.05, 0) is 46.1 Å². The predicted octanol–water partition coefficient (Wildman–Crippen LogP) is 4.04. The third-order valence-corrected chi connectivity index (χ3v) is 4.16. The molecule has 1 nitrogen and oxygen atoms in total. The fraction of sp³-hybridized carbons (Fsp3) is 0.182. The molecule has 3 heteroatoms. The number of benzene rings is 1. The van der Waals surface area contributed by atoms with Crippen molar-refractivity contribution in [2.24, 2.45) is 0 Å². The first kappa shape index (κ1) is 9.70. The third-order valence-electron chi connectivity index (χ3n) is 2.25. The number of hydrogen-bond donors (Lipinski definition) is 0. The lowest BCUT2D eigenvalue weighted by molar-refractivity contribution is 1.23. The molecule has 1 aromatic carbocycles. The summed E-state index contributed by atoms with van der Waals surface area (Å²) < 4.78 is 2.40. The van der Waals surface area contributed by atoms with Crippen LogP contribution in [0.3, 0.4) is 0 Å². The average molecular weight is 266 g/mol. The van der Waals surface area contributed by atoms with E-state index in [0.717, 1.165) is 10.0 Å². The molecule has 2 rings (SSSR count). The van der Waals surface area contributed by atoms with Gasteiger partial charge in [-0.15, -0.1) is 11.3 Å². The Morgan fingerprint density at radius 2 is 2.29 bits per heavy atom. The Morgan fingerprint density at radius 3 is 3.00 bits per heavy atom. The molecule has 0 atom stereocenters. The van der Waals surface area contributed by atoms with Gasteiger partial charge in [0.15, 0.2) is 0 Å². The van der Waals surface area contributed by atoms with E-state index in [1.54, 1.807) is 11.3 Å². The minimum absolute atomic E-state index is 0.490. The maximum absolute atomic E-state index is 8.68. The van der Waals surface area contributed by atoms with Crippen LogP contribution in [-0.4, -0.2) is 0 Å². The summed E-state index contributed by atoms with van der Waals surface area (Å²) in [6, 6.07) is 6.45. The van der Waals surface area contributed by atoms with Crippen molar-refractivity contribution in [3.63, 3.8) is 0 Å². The van der Waals surface area contributed by atoms with Crippen molar-refractivity contribution in [2.75, 3.05) is 0 Å². The molecule has 1 aromatic heterocycles. The van der Waals surface area contributed by atoms with Crippen LogP contribution in [0.4, 0.5) is 0 Å². The zero-order valence-corrected chi connectivity index (χ0v) is 10.1. The molecule has 0 unspecified atom stereocenters. The van der Waals surface area contributed by atoms with Crippen LogP contribution in [0, 0.1) is 18.3 Å². The van der Waals surface area contributed by atoms with Crippen molar-refractivity contribution < 1.29 is 0 Å². The number of rotatable bonds is 1. The van der Waals surface area contributed by atoms with E-state index in [1.165, 1.54) is 15.6 Å². The fourth-order valence-electron chi connectivity index (χ4n) is 1.46. The van der Waals surface area contributed by atoms with Crippen molar-refractivity contribution in [1.29, 1.82) is 5.26 Å². The lowest BCUT2D eigenvalue weighted by atomic mass is 10.0. The van der Waals surface area contributed by atoms with Crippen molar-refractivity contribution in [3.05, 3.63) is 33.1 Å². The third kappa shape index (κ3) is 1.56. The Morgan fingerprint density at radius 1 is 1.50 bits per heavy atom. The highest BCUT2D eigenvalue weighted by Crippen LogP contribution is 2.32. The van der Waals surface area contributed by atoms with Crippen molar-refractivity contribution in [3.8, 4) is 6.07 Å². The number of halogens is 1. The number of hydrogen-bond acceptors (Lipinski definition) is 2. The summed E-state index contributed by atoms with van der Waals surface area (Å²) in [5.41, 5.74) is 2.33. The smallest absolute Gasteiger partial charge is 0.0669 e. The van der Waals surface area contributed by atoms with Crippen molar-refractivity contribution >= 4 is 37.4 Å². The zero-order chi connectivity index (χ0) is 10.1. The molecule has 0 saturated carbocycles. The summed E-state index contributed by atoms with van der Waals surface area (Å²) in [6.45, 7) is 2.06. The Bertz CT molecular complexity index is 522. The summed E-state index contributed by atoms with van der Waals surface area (Å²) in [5, 5.41) is 12.0. The van der Waals surface area contributed by atoms with E-state index in [4.69, 9.17) is 5.26 Å². The molecular weight excluding hydrogens is 258 g/mol. The molecule has 0 aliphatic heterocycles. The summed E-state index contributed by atoms with van der Waals surface area (Å²) in [7, 11) is 0. The summed E-state index contributed by atoms with van der Waals surface area (Å²) in [4.78, 5) is 0. The van der Waals surface area contributed by atoms with Gasteiger partial charge in [0.25, 0.3) is 0 Å². The molecule has 1 heterocycles. The van der Waals surface area contributed by atoms with Gasteiger partial charge >= 0.3 is 0 Å². The van der Waals surface area contributed by atoms with E-state index in [-0.39, 0.29) is 0 Å². The van der Waals surface area contributed by atoms with Crippen molar-refractivity contribution in [2.45, 2.75) is 13.3 Å². The number of thiophene rings is 1.